The van der Waals surface area contributed by atoms with Gasteiger partial charge in [-0.25, -0.2) is 0 Å². The van der Waals surface area contributed by atoms with Crippen LogP contribution in [-0.2, 0) is 5.75 Å². The number of thioether (sulfide) groups is 1. The van der Waals surface area contributed by atoms with E-state index in [1.807, 2.05) is 23.9 Å². The lowest BCUT2D eigenvalue weighted by Crippen LogP contribution is -2.21. The second kappa shape index (κ2) is 8.06. The highest BCUT2D eigenvalue weighted by molar-refractivity contribution is 7.98. The third-order valence-corrected chi connectivity index (χ3v) is 4.74. The third-order valence-electron chi connectivity index (χ3n) is 3.34. The fraction of sp³-hybridized carbons (Fsp3) is 0.250. The fourth-order valence-corrected chi connectivity index (χ4v) is 3.54. The maximum absolute atomic E-state index is 6.15. The Hall–Kier alpha value is -0.710. The maximum atomic E-state index is 6.15. The predicted molar refractivity (Wildman–Crippen MR) is 93.4 cm³/mol. The van der Waals surface area contributed by atoms with Crippen LogP contribution >= 0.6 is 35.8 Å². The number of benzene rings is 2. The Morgan fingerprint density at radius 3 is 2.48 bits per heavy atom. The van der Waals surface area contributed by atoms with Crippen LogP contribution in [0.15, 0.2) is 53.4 Å². The fourth-order valence-electron chi connectivity index (χ4n) is 2.34. The molecule has 112 valence electrons. The Kier molecular flexibility index (Phi) is 6.40. The van der Waals surface area contributed by atoms with Gasteiger partial charge in [-0.2, -0.15) is 0 Å². The van der Waals surface area contributed by atoms with Crippen molar-refractivity contribution in [1.29, 1.82) is 0 Å². The minimum absolute atomic E-state index is 0. The summed E-state index contributed by atoms with van der Waals surface area (Å²) in [6.45, 7) is 2.00. The van der Waals surface area contributed by atoms with Gasteiger partial charge in [-0.05, 0) is 29.3 Å². The summed E-state index contributed by atoms with van der Waals surface area (Å²) in [5, 5.41) is 7.70. The molecule has 0 aromatic heterocycles. The summed E-state index contributed by atoms with van der Waals surface area (Å²) in [5.74, 6) is 0.974. The van der Waals surface area contributed by atoms with Crippen molar-refractivity contribution in [1.82, 2.24) is 10.6 Å². The van der Waals surface area contributed by atoms with Crippen molar-refractivity contribution < 1.29 is 0 Å². The van der Waals surface area contributed by atoms with E-state index < -0.39 is 0 Å². The van der Waals surface area contributed by atoms with Crippen LogP contribution in [0.1, 0.15) is 17.3 Å². The Balaban J connectivity index is 0.00000161. The molecule has 1 heterocycles. The topological polar surface area (TPSA) is 24.1 Å². The van der Waals surface area contributed by atoms with Gasteiger partial charge in [-0.3, -0.25) is 10.6 Å². The van der Waals surface area contributed by atoms with Crippen molar-refractivity contribution in [3.05, 3.63) is 64.7 Å². The van der Waals surface area contributed by atoms with Crippen LogP contribution in [0.5, 0.6) is 0 Å². The molecule has 3 rings (SSSR count). The highest BCUT2D eigenvalue weighted by Crippen LogP contribution is 2.32. The number of halogens is 2. The zero-order valence-electron chi connectivity index (χ0n) is 11.5. The Morgan fingerprint density at radius 1 is 1.05 bits per heavy atom. The lowest BCUT2D eigenvalue weighted by atomic mass is 10.2. The van der Waals surface area contributed by atoms with Gasteiger partial charge in [0.15, 0.2) is 0 Å². The van der Waals surface area contributed by atoms with Gasteiger partial charge in [0.2, 0.25) is 0 Å². The minimum atomic E-state index is 0. The first-order chi connectivity index (χ1) is 9.83. The summed E-state index contributed by atoms with van der Waals surface area (Å²) in [6, 6.07) is 16.7. The molecule has 0 bridgehead atoms. The standard InChI is InChI=1S/C16H17ClN2S.ClH/c17-13-6-7-15(14(10-13)16-18-8-9-19-16)20-11-12-4-2-1-3-5-12;/h1-7,10,16,18-19H,8-9,11H2;1H. The molecule has 1 aliphatic rings. The van der Waals surface area contributed by atoms with Crippen molar-refractivity contribution in [2.24, 2.45) is 0 Å². The Morgan fingerprint density at radius 2 is 1.76 bits per heavy atom. The van der Waals surface area contributed by atoms with Crippen molar-refractivity contribution >= 4 is 35.8 Å². The van der Waals surface area contributed by atoms with Crippen LogP contribution < -0.4 is 10.6 Å². The normalized spacial score (nSPS) is 14.9. The smallest absolute Gasteiger partial charge is 0.0847 e. The largest absolute Gasteiger partial charge is 0.297 e. The number of rotatable bonds is 4. The van der Waals surface area contributed by atoms with Gasteiger partial charge in [0, 0.05) is 28.8 Å². The molecule has 2 nitrogen and oxygen atoms in total. The van der Waals surface area contributed by atoms with Gasteiger partial charge in [0.05, 0.1) is 6.17 Å². The van der Waals surface area contributed by atoms with E-state index in [1.54, 1.807) is 0 Å². The van der Waals surface area contributed by atoms with Crippen LogP contribution in [0, 0.1) is 0 Å². The summed E-state index contributed by atoms with van der Waals surface area (Å²) in [4.78, 5) is 1.28. The van der Waals surface area contributed by atoms with E-state index in [0.29, 0.717) is 0 Å². The zero-order chi connectivity index (χ0) is 13.8. The molecular formula is C16H18Cl2N2S. The molecule has 1 fully saturated rings. The molecule has 0 amide bonds. The average Bonchev–Trinajstić information content (AvgIpc) is 3.01. The minimum Gasteiger partial charge on any atom is -0.297 e. The summed E-state index contributed by atoms with van der Waals surface area (Å²) < 4.78 is 0. The first-order valence-corrected chi connectivity index (χ1v) is 8.12. The van der Waals surface area contributed by atoms with Crippen LogP contribution in [-0.4, -0.2) is 13.1 Å². The summed E-state index contributed by atoms with van der Waals surface area (Å²) in [5.41, 5.74) is 2.58. The van der Waals surface area contributed by atoms with E-state index >= 15 is 0 Å². The first kappa shape index (κ1) is 16.7. The molecular weight excluding hydrogens is 323 g/mol. The molecule has 1 aliphatic heterocycles. The zero-order valence-corrected chi connectivity index (χ0v) is 13.9. The molecule has 2 N–H and O–H groups in total. The average molecular weight is 341 g/mol. The number of hydrogen-bond acceptors (Lipinski definition) is 3. The molecule has 2 aromatic carbocycles. The molecule has 0 spiro atoms. The molecule has 0 atom stereocenters. The highest BCUT2D eigenvalue weighted by atomic mass is 35.5. The van der Waals surface area contributed by atoms with Gasteiger partial charge in [-0.15, -0.1) is 24.2 Å². The monoisotopic (exact) mass is 340 g/mol. The number of hydrogen-bond donors (Lipinski definition) is 2. The van der Waals surface area contributed by atoms with Gasteiger partial charge >= 0.3 is 0 Å². The Labute approximate surface area is 141 Å². The predicted octanol–water partition coefficient (Wildman–Crippen LogP) is 4.25. The van der Waals surface area contributed by atoms with E-state index in [-0.39, 0.29) is 18.6 Å². The van der Waals surface area contributed by atoms with Crippen LogP contribution in [0.4, 0.5) is 0 Å². The number of nitrogens with one attached hydrogen (secondary N) is 2. The van der Waals surface area contributed by atoms with Crippen LogP contribution in [0.25, 0.3) is 0 Å². The van der Waals surface area contributed by atoms with Crippen molar-refractivity contribution in [2.75, 3.05) is 13.1 Å². The molecule has 0 aliphatic carbocycles. The second-order valence-corrected chi connectivity index (χ2v) is 6.25. The molecule has 1 saturated heterocycles. The van der Waals surface area contributed by atoms with Crippen LogP contribution in [0.3, 0.4) is 0 Å². The van der Waals surface area contributed by atoms with E-state index in [2.05, 4.69) is 47.0 Å². The van der Waals surface area contributed by atoms with E-state index in [4.69, 9.17) is 11.6 Å². The molecule has 0 saturated carbocycles. The molecule has 0 radical (unpaired) electrons. The van der Waals surface area contributed by atoms with Gasteiger partial charge in [-0.1, -0.05) is 41.9 Å². The van der Waals surface area contributed by atoms with E-state index in [0.717, 1.165) is 23.9 Å². The third kappa shape index (κ3) is 4.38. The maximum Gasteiger partial charge on any atom is 0.0847 e. The molecule has 0 unspecified atom stereocenters. The van der Waals surface area contributed by atoms with Gasteiger partial charge in [0.25, 0.3) is 0 Å². The van der Waals surface area contributed by atoms with E-state index in [9.17, 15) is 0 Å². The summed E-state index contributed by atoms with van der Waals surface area (Å²) in [6.07, 6.45) is 0.215. The SMILES string of the molecule is Cl.Clc1ccc(SCc2ccccc2)c(C2NCCN2)c1. The Bertz CT molecular complexity index is 572. The van der Waals surface area contributed by atoms with E-state index in [1.165, 1.54) is 16.0 Å². The molecule has 21 heavy (non-hydrogen) atoms. The quantitative estimate of drug-likeness (QED) is 0.813. The van der Waals surface area contributed by atoms with Crippen LogP contribution in [0.2, 0.25) is 5.02 Å². The second-order valence-electron chi connectivity index (χ2n) is 4.80. The van der Waals surface area contributed by atoms with Crippen molar-refractivity contribution in [2.45, 2.75) is 16.8 Å². The van der Waals surface area contributed by atoms with Crippen molar-refractivity contribution in [3.63, 3.8) is 0 Å². The van der Waals surface area contributed by atoms with Gasteiger partial charge < -0.3 is 0 Å². The lowest BCUT2D eigenvalue weighted by Gasteiger charge is -2.16. The lowest BCUT2D eigenvalue weighted by molar-refractivity contribution is 0.578. The van der Waals surface area contributed by atoms with Gasteiger partial charge in [0.1, 0.15) is 0 Å². The summed E-state index contributed by atoms with van der Waals surface area (Å²) >= 11 is 8.00. The summed E-state index contributed by atoms with van der Waals surface area (Å²) in [7, 11) is 0. The molecule has 2 aromatic rings. The molecule has 5 heteroatoms. The first-order valence-electron chi connectivity index (χ1n) is 6.76. The highest BCUT2D eigenvalue weighted by Gasteiger charge is 2.19. The van der Waals surface area contributed by atoms with Crippen molar-refractivity contribution in [3.8, 4) is 0 Å².